The van der Waals surface area contributed by atoms with Gasteiger partial charge in [0.1, 0.15) is 4.99 Å². The first-order chi connectivity index (χ1) is 8.97. The van der Waals surface area contributed by atoms with Crippen LogP contribution in [0.2, 0.25) is 5.02 Å². The van der Waals surface area contributed by atoms with Crippen LogP contribution in [0.3, 0.4) is 0 Å². The molecule has 6 heteroatoms. The topological polar surface area (TPSA) is 60.9 Å². The molecule has 0 bridgehead atoms. The molecule has 0 saturated carbocycles. The first kappa shape index (κ1) is 13.7. The van der Waals surface area contributed by atoms with Gasteiger partial charge in [0, 0.05) is 23.0 Å². The van der Waals surface area contributed by atoms with E-state index in [1.54, 1.807) is 18.3 Å². The molecule has 2 rings (SSSR count). The number of hydrogen-bond donors (Lipinski definition) is 1. The standard InChI is InChI=1S/C13H12ClN3OS/c1-8-5-16-13(18)17(6-8)7-10-3-2-9(12(15)19)4-11(10)14/h2-6H,7H2,1H3,(H2,15,19). The lowest BCUT2D eigenvalue weighted by atomic mass is 10.1. The highest BCUT2D eigenvalue weighted by Crippen LogP contribution is 2.18. The van der Waals surface area contributed by atoms with Gasteiger partial charge in [-0.3, -0.25) is 4.57 Å². The lowest BCUT2D eigenvalue weighted by molar-refractivity contribution is 0.721. The molecule has 1 aromatic heterocycles. The van der Waals surface area contributed by atoms with Crippen LogP contribution in [0.15, 0.2) is 35.4 Å². The van der Waals surface area contributed by atoms with E-state index in [9.17, 15) is 4.79 Å². The predicted octanol–water partition coefficient (Wildman–Crippen LogP) is 1.89. The number of halogens is 1. The van der Waals surface area contributed by atoms with E-state index in [4.69, 9.17) is 29.6 Å². The molecule has 19 heavy (non-hydrogen) atoms. The number of aryl methyl sites for hydroxylation is 1. The summed E-state index contributed by atoms with van der Waals surface area (Å²) in [7, 11) is 0. The van der Waals surface area contributed by atoms with Gasteiger partial charge in [0.05, 0.1) is 6.54 Å². The highest BCUT2D eigenvalue weighted by Gasteiger charge is 2.06. The Morgan fingerprint density at radius 2 is 2.26 bits per heavy atom. The van der Waals surface area contributed by atoms with E-state index in [0.29, 0.717) is 22.1 Å². The molecule has 2 aromatic rings. The summed E-state index contributed by atoms with van der Waals surface area (Å²) >= 11 is 11.1. The number of rotatable bonds is 3. The molecule has 0 aliphatic heterocycles. The van der Waals surface area contributed by atoms with Crippen molar-refractivity contribution in [3.8, 4) is 0 Å². The number of nitrogens with two attached hydrogens (primary N) is 1. The molecule has 1 heterocycles. The summed E-state index contributed by atoms with van der Waals surface area (Å²) in [6.07, 6.45) is 3.28. The van der Waals surface area contributed by atoms with Gasteiger partial charge < -0.3 is 5.73 Å². The van der Waals surface area contributed by atoms with Crippen LogP contribution in [0.1, 0.15) is 16.7 Å². The van der Waals surface area contributed by atoms with Crippen molar-refractivity contribution in [1.82, 2.24) is 9.55 Å². The minimum Gasteiger partial charge on any atom is -0.389 e. The van der Waals surface area contributed by atoms with Crippen molar-refractivity contribution >= 4 is 28.8 Å². The van der Waals surface area contributed by atoms with Crippen LogP contribution >= 0.6 is 23.8 Å². The summed E-state index contributed by atoms with van der Waals surface area (Å²) in [6.45, 7) is 2.24. The first-order valence-electron chi connectivity index (χ1n) is 5.58. The Kier molecular flexibility index (Phi) is 3.97. The molecular weight excluding hydrogens is 282 g/mol. The molecule has 0 spiro atoms. The maximum absolute atomic E-state index is 11.6. The van der Waals surface area contributed by atoms with E-state index < -0.39 is 0 Å². The quantitative estimate of drug-likeness (QED) is 0.878. The van der Waals surface area contributed by atoms with Gasteiger partial charge in [0.2, 0.25) is 0 Å². The van der Waals surface area contributed by atoms with Gasteiger partial charge in [-0.1, -0.05) is 36.0 Å². The molecule has 0 fully saturated rings. The highest BCUT2D eigenvalue weighted by molar-refractivity contribution is 7.80. The van der Waals surface area contributed by atoms with E-state index in [0.717, 1.165) is 11.1 Å². The minimum atomic E-state index is -0.305. The summed E-state index contributed by atoms with van der Waals surface area (Å²) in [5.41, 5.74) is 7.67. The van der Waals surface area contributed by atoms with Crippen molar-refractivity contribution in [2.45, 2.75) is 13.5 Å². The smallest absolute Gasteiger partial charge is 0.347 e. The van der Waals surface area contributed by atoms with Crippen LogP contribution in [0.5, 0.6) is 0 Å². The Bertz CT molecular complexity index is 697. The SMILES string of the molecule is Cc1cnc(=O)n(Cc2ccc(C(N)=S)cc2Cl)c1. The zero-order valence-corrected chi connectivity index (χ0v) is 11.8. The molecule has 0 unspecified atom stereocenters. The van der Waals surface area contributed by atoms with Crippen molar-refractivity contribution in [3.05, 3.63) is 62.8 Å². The lowest BCUT2D eigenvalue weighted by Crippen LogP contribution is -2.23. The van der Waals surface area contributed by atoms with Crippen molar-refractivity contribution in [2.75, 3.05) is 0 Å². The molecule has 0 aliphatic rings. The number of nitrogens with zero attached hydrogens (tertiary/aromatic N) is 2. The molecule has 2 N–H and O–H groups in total. The number of hydrogen-bond acceptors (Lipinski definition) is 3. The van der Waals surface area contributed by atoms with Crippen molar-refractivity contribution < 1.29 is 0 Å². The second kappa shape index (κ2) is 5.50. The van der Waals surface area contributed by atoms with Crippen LogP contribution < -0.4 is 11.4 Å². The third-order valence-corrected chi connectivity index (χ3v) is 3.25. The molecule has 1 aromatic carbocycles. The van der Waals surface area contributed by atoms with E-state index in [2.05, 4.69) is 4.98 Å². The van der Waals surface area contributed by atoms with Gasteiger partial charge in [-0.15, -0.1) is 0 Å². The fraction of sp³-hybridized carbons (Fsp3) is 0.154. The maximum atomic E-state index is 11.6. The third-order valence-electron chi connectivity index (χ3n) is 2.66. The van der Waals surface area contributed by atoms with Crippen molar-refractivity contribution in [3.63, 3.8) is 0 Å². The fourth-order valence-corrected chi connectivity index (χ4v) is 2.06. The Hall–Kier alpha value is -1.72. The van der Waals surface area contributed by atoms with Crippen LogP contribution in [0.25, 0.3) is 0 Å². The lowest BCUT2D eigenvalue weighted by Gasteiger charge is -2.09. The Morgan fingerprint density at radius 1 is 1.53 bits per heavy atom. The molecule has 0 atom stereocenters. The highest BCUT2D eigenvalue weighted by atomic mass is 35.5. The van der Waals surface area contributed by atoms with E-state index >= 15 is 0 Å². The van der Waals surface area contributed by atoms with E-state index in [1.807, 2.05) is 13.0 Å². The monoisotopic (exact) mass is 293 g/mol. The van der Waals surface area contributed by atoms with E-state index in [-0.39, 0.29) is 5.69 Å². The minimum absolute atomic E-state index is 0.294. The molecule has 0 radical (unpaired) electrons. The van der Waals surface area contributed by atoms with Gasteiger partial charge in [-0.05, 0) is 24.1 Å². The zero-order chi connectivity index (χ0) is 14.0. The maximum Gasteiger partial charge on any atom is 0.347 e. The Morgan fingerprint density at radius 3 is 2.89 bits per heavy atom. The average molecular weight is 294 g/mol. The second-order valence-electron chi connectivity index (χ2n) is 4.21. The summed E-state index contributed by atoms with van der Waals surface area (Å²) < 4.78 is 1.51. The molecular formula is C13H12ClN3OS. The first-order valence-corrected chi connectivity index (χ1v) is 6.37. The molecule has 98 valence electrons. The Balaban J connectivity index is 2.36. The largest absolute Gasteiger partial charge is 0.389 e. The summed E-state index contributed by atoms with van der Waals surface area (Å²) in [5.74, 6) is 0. The number of benzene rings is 1. The number of aromatic nitrogens is 2. The molecule has 0 saturated heterocycles. The molecule has 0 aliphatic carbocycles. The van der Waals surface area contributed by atoms with Gasteiger partial charge >= 0.3 is 5.69 Å². The van der Waals surface area contributed by atoms with Crippen LogP contribution in [0.4, 0.5) is 0 Å². The summed E-state index contributed by atoms with van der Waals surface area (Å²) in [4.78, 5) is 15.7. The predicted molar refractivity (Wildman–Crippen MR) is 79.7 cm³/mol. The van der Waals surface area contributed by atoms with Gasteiger partial charge in [0.15, 0.2) is 0 Å². The molecule has 4 nitrogen and oxygen atoms in total. The van der Waals surface area contributed by atoms with E-state index in [1.165, 1.54) is 10.8 Å². The van der Waals surface area contributed by atoms with Crippen LogP contribution in [0, 0.1) is 6.92 Å². The summed E-state index contributed by atoms with van der Waals surface area (Å²) in [6, 6.07) is 5.30. The van der Waals surface area contributed by atoms with Gasteiger partial charge in [-0.25, -0.2) is 9.78 Å². The zero-order valence-electron chi connectivity index (χ0n) is 10.3. The normalized spacial score (nSPS) is 10.4. The number of thiocarbonyl (C=S) groups is 1. The van der Waals surface area contributed by atoms with Crippen LogP contribution in [-0.4, -0.2) is 14.5 Å². The third kappa shape index (κ3) is 3.19. The second-order valence-corrected chi connectivity index (χ2v) is 5.06. The van der Waals surface area contributed by atoms with Crippen molar-refractivity contribution in [1.29, 1.82) is 0 Å². The fourth-order valence-electron chi connectivity index (χ4n) is 1.69. The van der Waals surface area contributed by atoms with Gasteiger partial charge in [0.25, 0.3) is 0 Å². The van der Waals surface area contributed by atoms with Crippen LogP contribution in [-0.2, 0) is 6.54 Å². The Labute approximate surface area is 120 Å². The van der Waals surface area contributed by atoms with Crippen molar-refractivity contribution in [2.24, 2.45) is 5.73 Å². The molecule has 0 amide bonds. The van der Waals surface area contributed by atoms with Gasteiger partial charge in [-0.2, -0.15) is 0 Å². The summed E-state index contributed by atoms with van der Waals surface area (Å²) in [5, 5.41) is 0.527. The average Bonchev–Trinajstić information content (AvgIpc) is 2.36.